The number of carbonyl (C=O) groups is 2. The Bertz CT molecular complexity index is 1560. The van der Waals surface area contributed by atoms with Crippen LogP contribution in [-0.4, -0.2) is 41.1 Å². The number of alkyl carbamates (subject to hydrolysis) is 1. The highest BCUT2D eigenvalue weighted by atomic mass is 19.4. The summed E-state index contributed by atoms with van der Waals surface area (Å²) in [5.41, 5.74) is -2.45. The van der Waals surface area contributed by atoms with Crippen LogP contribution in [0.4, 0.5) is 40.3 Å². The van der Waals surface area contributed by atoms with Crippen molar-refractivity contribution >= 4 is 12.1 Å². The molecule has 6 nitrogen and oxygen atoms in total. The van der Waals surface area contributed by atoms with E-state index in [1.807, 2.05) is 6.07 Å². The minimum Gasteiger partial charge on any atom is -0.445 e. The van der Waals surface area contributed by atoms with Gasteiger partial charge in [0, 0.05) is 20.1 Å². The second-order valence-corrected chi connectivity index (χ2v) is 11.7. The van der Waals surface area contributed by atoms with Gasteiger partial charge in [0.2, 0.25) is 0 Å². The summed E-state index contributed by atoms with van der Waals surface area (Å²) >= 11 is 0. The SMILES string of the molecule is C=CC[C@]1(NC(=O)OCc2ccccc2)CCN(C(=O)N(C)Cc2cc(C(F)(F)F)cc(C(F)(F)F)c2)[C@@H](c2ccc(F)cc2C)C1. The zero-order chi connectivity index (χ0) is 34.6. The van der Waals surface area contributed by atoms with Gasteiger partial charge in [0.05, 0.1) is 22.7 Å². The minimum absolute atomic E-state index is 0.0122. The summed E-state index contributed by atoms with van der Waals surface area (Å²) in [5, 5.41) is 2.93. The van der Waals surface area contributed by atoms with Crippen molar-refractivity contribution in [1.29, 1.82) is 0 Å². The van der Waals surface area contributed by atoms with Crippen LogP contribution >= 0.6 is 0 Å². The lowest BCUT2D eigenvalue weighted by atomic mass is 9.77. The largest absolute Gasteiger partial charge is 0.445 e. The third kappa shape index (κ3) is 8.83. The van der Waals surface area contributed by atoms with Crippen LogP contribution in [0, 0.1) is 12.7 Å². The van der Waals surface area contributed by atoms with Crippen molar-refractivity contribution in [3.05, 3.63) is 119 Å². The maximum atomic E-state index is 14.1. The molecule has 47 heavy (non-hydrogen) atoms. The molecule has 4 rings (SSSR count). The Kier molecular flexibility index (Phi) is 10.6. The summed E-state index contributed by atoms with van der Waals surface area (Å²) in [6.45, 7) is 4.96. The third-order valence-corrected chi connectivity index (χ3v) is 8.14. The van der Waals surface area contributed by atoms with Crippen LogP contribution in [0.25, 0.3) is 0 Å². The van der Waals surface area contributed by atoms with Gasteiger partial charge in [-0.1, -0.05) is 42.5 Å². The smallest absolute Gasteiger partial charge is 0.416 e. The van der Waals surface area contributed by atoms with Gasteiger partial charge in [0.25, 0.3) is 0 Å². The Morgan fingerprint density at radius 2 is 1.64 bits per heavy atom. The molecule has 252 valence electrons. The highest BCUT2D eigenvalue weighted by molar-refractivity contribution is 5.75. The zero-order valence-corrected chi connectivity index (χ0v) is 25.7. The number of carbonyl (C=O) groups excluding carboxylic acids is 2. The standard InChI is InChI=1S/C34H34F7N3O3/c1-4-12-32(42-30(45)47-21-23-8-6-5-7-9-23)13-14-44(29(19-32)28-11-10-27(35)15-22(28)2)31(46)43(3)20-24-16-25(33(36,37)38)18-26(17-24)34(39,40)41/h4-11,15-18,29H,1,12-14,19-21H2,2-3H3,(H,42,45)/t29-,32+/m1/s1. The molecule has 3 aromatic carbocycles. The normalized spacial score (nSPS) is 18.4. The second-order valence-electron chi connectivity index (χ2n) is 11.7. The number of hydrogen-bond acceptors (Lipinski definition) is 3. The third-order valence-electron chi connectivity index (χ3n) is 8.14. The number of halogens is 7. The minimum atomic E-state index is -5.04. The van der Waals surface area contributed by atoms with Gasteiger partial charge in [-0.15, -0.1) is 6.58 Å². The van der Waals surface area contributed by atoms with E-state index < -0.39 is 59.5 Å². The molecule has 3 amide bonds. The molecule has 1 fully saturated rings. The Morgan fingerprint density at radius 3 is 2.21 bits per heavy atom. The lowest BCUT2D eigenvalue weighted by Crippen LogP contribution is -2.58. The number of rotatable bonds is 8. The molecule has 0 bridgehead atoms. The summed E-state index contributed by atoms with van der Waals surface area (Å²) in [6.07, 6.45) is -8.54. The fourth-order valence-corrected chi connectivity index (χ4v) is 5.87. The Balaban J connectivity index is 1.62. The molecular weight excluding hydrogens is 631 g/mol. The number of urea groups is 1. The van der Waals surface area contributed by atoms with E-state index in [0.29, 0.717) is 23.3 Å². The molecule has 3 aromatic rings. The van der Waals surface area contributed by atoms with Crippen molar-refractivity contribution in [1.82, 2.24) is 15.1 Å². The predicted octanol–water partition coefficient (Wildman–Crippen LogP) is 8.80. The first-order chi connectivity index (χ1) is 22.0. The molecule has 1 aliphatic heterocycles. The van der Waals surface area contributed by atoms with Gasteiger partial charge in [-0.2, -0.15) is 26.3 Å². The van der Waals surface area contributed by atoms with Crippen LogP contribution in [0.3, 0.4) is 0 Å². The number of hydrogen-bond donors (Lipinski definition) is 1. The van der Waals surface area contributed by atoms with Crippen LogP contribution < -0.4 is 5.32 Å². The molecule has 0 unspecified atom stereocenters. The van der Waals surface area contributed by atoms with E-state index >= 15 is 0 Å². The van der Waals surface area contributed by atoms with Gasteiger partial charge in [-0.05, 0) is 78.8 Å². The Hall–Kier alpha value is -4.55. The molecule has 1 saturated heterocycles. The molecule has 1 heterocycles. The number of ether oxygens (including phenoxy) is 1. The average molecular weight is 666 g/mol. The Morgan fingerprint density at radius 1 is 1.00 bits per heavy atom. The first-order valence-corrected chi connectivity index (χ1v) is 14.7. The predicted molar refractivity (Wildman–Crippen MR) is 160 cm³/mol. The van der Waals surface area contributed by atoms with Gasteiger partial charge in [0.1, 0.15) is 12.4 Å². The van der Waals surface area contributed by atoms with Gasteiger partial charge in [-0.25, -0.2) is 14.0 Å². The summed E-state index contributed by atoms with van der Waals surface area (Å²) in [5.74, 6) is -0.512. The van der Waals surface area contributed by atoms with E-state index in [4.69, 9.17) is 4.74 Å². The van der Waals surface area contributed by atoms with Crippen molar-refractivity contribution < 1.29 is 45.1 Å². The number of amides is 3. The molecule has 1 N–H and O–H groups in total. The highest BCUT2D eigenvalue weighted by Gasteiger charge is 2.44. The van der Waals surface area contributed by atoms with E-state index in [9.17, 15) is 40.3 Å². The molecule has 13 heteroatoms. The van der Waals surface area contributed by atoms with E-state index in [2.05, 4.69) is 11.9 Å². The van der Waals surface area contributed by atoms with Crippen LogP contribution in [0.15, 0.2) is 79.4 Å². The van der Waals surface area contributed by atoms with Gasteiger partial charge in [-0.3, -0.25) is 0 Å². The van der Waals surface area contributed by atoms with Crippen molar-refractivity contribution in [2.75, 3.05) is 13.6 Å². The first-order valence-electron chi connectivity index (χ1n) is 14.7. The summed E-state index contributed by atoms with van der Waals surface area (Å²) in [6, 6.07) is 12.8. The molecule has 0 aliphatic carbocycles. The molecular formula is C34H34F7N3O3. The number of benzene rings is 3. The maximum Gasteiger partial charge on any atom is 0.416 e. The zero-order valence-electron chi connectivity index (χ0n) is 25.7. The van der Waals surface area contributed by atoms with Crippen molar-refractivity contribution in [2.45, 2.75) is 63.3 Å². The average Bonchev–Trinajstić information content (AvgIpc) is 2.99. The summed E-state index contributed by atoms with van der Waals surface area (Å²) in [4.78, 5) is 29.3. The fraction of sp³-hybridized carbons (Fsp3) is 0.353. The van der Waals surface area contributed by atoms with Crippen molar-refractivity contribution in [3.8, 4) is 0 Å². The van der Waals surface area contributed by atoms with Crippen molar-refractivity contribution in [2.24, 2.45) is 0 Å². The number of nitrogens with one attached hydrogen (secondary N) is 1. The van der Waals surface area contributed by atoms with Crippen LogP contribution in [0.2, 0.25) is 0 Å². The quantitative estimate of drug-likeness (QED) is 0.193. The summed E-state index contributed by atoms with van der Waals surface area (Å²) in [7, 11) is 1.27. The van der Waals surface area contributed by atoms with E-state index in [0.717, 1.165) is 10.5 Å². The lowest BCUT2D eigenvalue weighted by Gasteiger charge is -2.48. The number of aryl methyl sites for hydroxylation is 1. The van der Waals surface area contributed by atoms with Gasteiger partial charge in [0.15, 0.2) is 0 Å². The van der Waals surface area contributed by atoms with E-state index in [-0.39, 0.29) is 44.0 Å². The number of nitrogens with zero attached hydrogens (tertiary/aromatic N) is 2. The topological polar surface area (TPSA) is 61.9 Å². The number of piperidine rings is 1. The van der Waals surface area contributed by atoms with Crippen LogP contribution in [-0.2, 0) is 30.2 Å². The first kappa shape index (κ1) is 35.3. The van der Waals surface area contributed by atoms with E-state index in [1.54, 1.807) is 37.3 Å². The van der Waals surface area contributed by atoms with Crippen LogP contribution in [0.5, 0.6) is 0 Å². The molecule has 0 saturated carbocycles. The van der Waals surface area contributed by atoms with Crippen molar-refractivity contribution in [3.63, 3.8) is 0 Å². The fourth-order valence-electron chi connectivity index (χ4n) is 5.87. The summed E-state index contributed by atoms with van der Waals surface area (Å²) < 4.78 is 100. The number of likely N-dealkylation sites (tertiary alicyclic amines) is 1. The lowest BCUT2D eigenvalue weighted by molar-refractivity contribution is -0.143. The van der Waals surface area contributed by atoms with E-state index in [1.165, 1.54) is 30.1 Å². The maximum absolute atomic E-state index is 14.1. The van der Waals surface area contributed by atoms with Crippen LogP contribution in [0.1, 0.15) is 58.7 Å². The second kappa shape index (κ2) is 14.1. The Labute approximate surface area is 267 Å². The monoisotopic (exact) mass is 665 g/mol. The molecule has 2 atom stereocenters. The molecule has 0 radical (unpaired) electrons. The number of alkyl halides is 6. The molecule has 1 aliphatic rings. The highest BCUT2D eigenvalue weighted by Crippen LogP contribution is 2.41. The van der Waals surface area contributed by atoms with Gasteiger partial charge >= 0.3 is 24.5 Å². The molecule has 0 spiro atoms. The molecule has 0 aromatic heterocycles. The van der Waals surface area contributed by atoms with Gasteiger partial charge < -0.3 is 19.9 Å².